The lowest BCUT2D eigenvalue weighted by atomic mass is 9.98. The summed E-state index contributed by atoms with van der Waals surface area (Å²) in [6.45, 7) is 1.37. The van der Waals surface area contributed by atoms with Gasteiger partial charge in [-0.2, -0.15) is 0 Å². The summed E-state index contributed by atoms with van der Waals surface area (Å²) in [5.74, 6) is -0.0953. The molecule has 3 heterocycles. The molecule has 0 aliphatic carbocycles. The van der Waals surface area contributed by atoms with E-state index in [1.165, 1.54) is 0 Å². The van der Waals surface area contributed by atoms with Gasteiger partial charge in [-0.3, -0.25) is 14.6 Å². The van der Waals surface area contributed by atoms with Crippen molar-refractivity contribution in [2.45, 2.75) is 12.5 Å². The molecule has 1 amide bonds. The van der Waals surface area contributed by atoms with Crippen LogP contribution in [-0.4, -0.2) is 47.9 Å². The Balaban J connectivity index is 1.72. The Morgan fingerprint density at radius 2 is 1.87 bits per heavy atom. The van der Waals surface area contributed by atoms with E-state index in [9.17, 15) is 9.59 Å². The molecule has 156 valence electrons. The molecular weight excluding hydrogens is 390 g/mol. The van der Waals surface area contributed by atoms with Crippen LogP contribution in [0.25, 0.3) is 21.7 Å². The zero-order valence-corrected chi connectivity index (χ0v) is 17.5. The number of pyridine rings is 1. The van der Waals surface area contributed by atoms with Gasteiger partial charge in [-0.15, -0.1) is 0 Å². The fourth-order valence-corrected chi connectivity index (χ4v) is 4.42. The monoisotopic (exact) mass is 413 g/mol. The second-order valence-electron chi connectivity index (χ2n) is 8.18. The topological polar surface area (TPSA) is 66.7 Å². The van der Waals surface area contributed by atoms with E-state index in [1.807, 2.05) is 56.6 Å². The van der Waals surface area contributed by atoms with Gasteiger partial charge in [-0.1, -0.05) is 36.4 Å². The van der Waals surface area contributed by atoms with E-state index >= 15 is 0 Å². The molecule has 5 rings (SSSR count). The van der Waals surface area contributed by atoms with E-state index in [1.54, 1.807) is 23.4 Å². The number of carbonyl (C=O) groups is 1. The Kier molecular flexibility index (Phi) is 4.79. The highest BCUT2D eigenvalue weighted by Crippen LogP contribution is 2.38. The number of amides is 1. The van der Waals surface area contributed by atoms with Crippen LogP contribution in [0.2, 0.25) is 0 Å². The van der Waals surface area contributed by atoms with Crippen LogP contribution in [0.4, 0.5) is 0 Å². The second-order valence-corrected chi connectivity index (χ2v) is 8.18. The molecule has 6 nitrogen and oxygen atoms in total. The molecule has 1 aliphatic rings. The van der Waals surface area contributed by atoms with Gasteiger partial charge >= 0.3 is 0 Å². The van der Waals surface area contributed by atoms with Crippen LogP contribution < -0.4 is 5.43 Å². The van der Waals surface area contributed by atoms with E-state index < -0.39 is 6.04 Å². The van der Waals surface area contributed by atoms with Gasteiger partial charge in [0.15, 0.2) is 5.43 Å². The zero-order chi connectivity index (χ0) is 21.5. The van der Waals surface area contributed by atoms with Crippen LogP contribution >= 0.6 is 0 Å². The van der Waals surface area contributed by atoms with Crippen molar-refractivity contribution >= 4 is 27.6 Å². The number of benzene rings is 2. The van der Waals surface area contributed by atoms with Crippen LogP contribution in [0, 0.1) is 0 Å². The molecule has 1 aliphatic heterocycles. The van der Waals surface area contributed by atoms with Gasteiger partial charge in [-0.25, -0.2) is 0 Å². The Morgan fingerprint density at radius 1 is 1.03 bits per heavy atom. The summed E-state index contributed by atoms with van der Waals surface area (Å²) in [6, 6.07) is 14.7. The minimum Gasteiger partial charge on any atom is -0.450 e. The SMILES string of the molecule is CN(C)CCCN1C(=O)c2oc3c(ccc4ccccc43)c(=O)c2[C@@H]1c1cccnc1. The van der Waals surface area contributed by atoms with Crippen molar-refractivity contribution in [3.05, 3.63) is 88.0 Å². The number of aromatic nitrogens is 1. The maximum atomic E-state index is 13.7. The summed E-state index contributed by atoms with van der Waals surface area (Å²) in [7, 11) is 4.00. The third kappa shape index (κ3) is 3.20. The molecule has 0 saturated heterocycles. The maximum Gasteiger partial charge on any atom is 0.290 e. The first-order chi connectivity index (χ1) is 15.1. The smallest absolute Gasteiger partial charge is 0.290 e. The van der Waals surface area contributed by atoms with Gasteiger partial charge in [0.2, 0.25) is 5.76 Å². The molecule has 6 heteroatoms. The van der Waals surface area contributed by atoms with E-state index in [0.717, 1.165) is 29.3 Å². The van der Waals surface area contributed by atoms with Gasteiger partial charge in [-0.05, 0) is 50.1 Å². The fraction of sp³-hybridized carbons (Fsp3) is 0.240. The highest BCUT2D eigenvalue weighted by atomic mass is 16.3. The fourth-order valence-electron chi connectivity index (χ4n) is 4.42. The molecule has 2 aromatic heterocycles. The number of fused-ring (bicyclic) bond motifs is 4. The van der Waals surface area contributed by atoms with Gasteiger partial charge in [0.05, 0.1) is 17.0 Å². The molecule has 4 aromatic rings. The highest BCUT2D eigenvalue weighted by molar-refractivity contribution is 6.06. The summed E-state index contributed by atoms with van der Waals surface area (Å²) in [5.41, 5.74) is 1.53. The summed E-state index contributed by atoms with van der Waals surface area (Å²) in [5, 5.41) is 2.29. The van der Waals surface area contributed by atoms with Crippen molar-refractivity contribution < 1.29 is 9.21 Å². The molecule has 0 N–H and O–H groups in total. The number of rotatable bonds is 5. The van der Waals surface area contributed by atoms with Crippen LogP contribution in [0.5, 0.6) is 0 Å². The van der Waals surface area contributed by atoms with Crippen molar-refractivity contribution in [3.63, 3.8) is 0 Å². The summed E-state index contributed by atoms with van der Waals surface area (Å²) >= 11 is 0. The molecule has 0 spiro atoms. The van der Waals surface area contributed by atoms with Crippen molar-refractivity contribution in [3.8, 4) is 0 Å². The summed E-state index contributed by atoms with van der Waals surface area (Å²) < 4.78 is 6.20. The lowest BCUT2D eigenvalue weighted by Crippen LogP contribution is -2.32. The predicted octanol–water partition coefficient (Wildman–Crippen LogP) is 3.84. The Bertz CT molecular complexity index is 1340. The number of hydrogen-bond donors (Lipinski definition) is 0. The van der Waals surface area contributed by atoms with Crippen LogP contribution in [0.15, 0.2) is 70.1 Å². The first kappa shape index (κ1) is 19.5. The summed E-state index contributed by atoms with van der Waals surface area (Å²) in [4.78, 5) is 35.2. The van der Waals surface area contributed by atoms with Crippen molar-refractivity contribution in [2.24, 2.45) is 0 Å². The van der Waals surface area contributed by atoms with Gasteiger partial charge in [0.25, 0.3) is 5.91 Å². The standard InChI is InChI=1S/C25H23N3O3/c1-27(2)13-6-14-28-21(17-8-5-12-26-15-17)20-22(29)19-11-10-16-7-3-4-9-18(16)23(19)31-24(20)25(28)30/h3-5,7-12,15,21H,6,13-14H2,1-2H3/t21-/m0/s1. The van der Waals surface area contributed by atoms with E-state index in [-0.39, 0.29) is 17.1 Å². The van der Waals surface area contributed by atoms with Crippen molar-refractivity contribution in [2.75, 3.05) is 27.2 Å². The van der Waals surface area contributed by atoms with Gasteiger partial charge in [0, 0.05) is 24.3 Å². The molecule has 31 heavy (non-hydrogen) atoms. The lowest BCUT2D eigenvalue weighted by molar-refractivity contribution is 0.0722. The zero-order valence-electron chi connectivity index (χ0n) is 17.5. The lowest BCUT2D eigenvalue weighted by Gasteiger charge is -2.25. The predicted molar refractivity (Wildman–Crippen MR) is 120 cm³/mol. The maximum absolute atomic E-state index is 13.7. The molecule has 0 bridgehead atoms. The molecule has 2 aromatic carbocycles. The Labute approximate surface area is 179 Å². The first-order valence-corrected chi connectivity index (χ1v) is 10.4. The van der Waals surface area contributed by atoms with Crippen LogP contribution in [0.3, 0.4) is 0 Å². The minimum absolute atomic E-state index is 0.146. The van der Waals surface area contributed by atoms with Crippen molar-refractivity contribution in [1.29, 1.82) is 0 Å². The average Bonchev–Trinajstić information content (AvgIpc) is 3.06. The van der Waals surface area contributed by atoms with Crippen molar-refractivity contribution in [1.82, 2.24) is 14.8 Å². The van der Waals surface area contributed by atoms with Crippen LogP contribution in [-0.2, 0) is 0 Å². The van der Waals surface area contributed by atoms with Gasteiger partial charge in [0.1, 0.15) is 5.58 Å². The molecular formula is C25H23N3O3. The third-order valence-corrected chi connectivity index (χ3v) is 5.86. The largest absolute Gasteiger partial charge is 0.450 e. The average molecular weight is 413 g/mol. The second kappa shape index (κ2) is 7.63. The van der Waals surface area contributed by atoms with E-state index in [4.69, 9.17) is 4.42 Å². The molecule has 0 radical (unpaired) electrons. The molecule has 1 atom stereocenters. The highest BCUT2D eigenvalue weighted by Gasteiger charge is 2.42. The summed E-state index contributed by atoms with van der Waals surface area (Å²) in [6.07, 6.45) is 4.20. The van der Waals surface area contributed by atoms with E-state index in [2.05, 4.69) is 9.88 Å². The number of hydrogen-bond acceptors (Lipinski definition) is 5. The third-order valence-electron chi connectivity index (χ3n) is 5.86. The normalized spacial score (nSPS) is 15.9. The minimum atomic E-state index is -0.495. The first-order valence-electron chi connectivity index (χ1n) is 10.4. The van der Waals surface area contributed by atoms with Crippen LogP contribution in [0.1, 0.15) is 34.1 Å². The van der Waals surface area contributed by atoms with E-state index in [0.29, 0.717) is 23.1 Å². The molecule has 0 saturated carbocycles. The van der Waals surface area contributed by atoms with Gasteiger partial charge < -0.3 is 14.2 Å². The Morgan fingerprint density at radius 3 is 2.65 bits per heavy atom. The quantitative estimate of drug-likeness (QED) is 0.465. The molecule has 0 fully saturated rings. The Hall–Kier alpha value is -3.51. The number of nitrogens with zero attached hydrogens (tertiary/aromatic N) is 3. The number of carbonyl (C=O) groups excluding carboxylic acids is 1. The molecule has 0 unspecified atom stereocenters.